The van der Waals surface area contributed by atoms with E-state index in [-0.39, 0.29) is 5.91 Å². The number of hydrogen-bond acceptors (Lipinski definition) is 6. The lowest BCUT2D eigenvalue weighted by Gasteiger charge is -2.28. The summed E-state index contributed by atoms with van der Waals surface area (Å²) >= 11 is 0. The molecule has 1 saturated heterocycles. The zero-order valence-corrected chi connectivity index (χ0v) is 16.7. The van der Waals surface area contributed by atoms with E-state index in [1.165, 1.54) is 19.3 Å². The molecule has 8 nitrogen and oxygen atoms in total. The molecule has 0 bridgehead atoms. The van der Waals surface area contributed by atoms with Crippen LogP contribution in [-0.4, -0.2) is 52.8 Å². The predicted octanol–water partition coefficient (Wildman–Crippen LogP) is 2.97. The standard InChI is InChI=1S/C21H25N7O/c1-26(2)18-8-6-16(7-9-18)20(29)25-17-12-24-28(15-17)21-22-13-19(14-23-21)27-10-4-3-5-11-27/h6-9,12-15H,3-5,10-11H2,1-2H3,(H,25,29). The number of hydrogen-bond donors (Lipinski definition) is 1. The molecule has 3 aromatic rings. The Hall–Kier alpha value is -3.42. The first-order valence-corrected chi connectivity index (χ1v) is 9.81. The Bertz CT molecular complexity index is 957. The highest BCUT2D eigenvalue weighted by molar-refractivity contribution is 6.04. The van der Waals surface area contributed by atoms with Crippen LogP contribution in [0, 0.1) is 0 Å². The fourth-order valence-corrected chi connectivity index (χ4v) is 3.36. The molecule has 0 atom stereocenters. The van der Waals surface area contributed by atoms with Crippen LogP contribution in [0.1, 0.15) is 29.6 Å². The first-order valence-electron chi connectivity index (χ1n) is 9.81. The first-order chi connectivity index (χ1) is 14.1. The molecule has 1 amide bonds. The van der Waals surface area contributed by atoms with E-state index in [4.69, 9.17) is 0 Å². The van der Waals surface area contributed by atoms with Crippen molar-refractivity contribution in [1.82, 2.24) is 19.7 Å². The van der Waals surface area contributed by atoms with Crippen molar-refractivity contribution in [1.29, 1.82) is 0 Å². The molecule has 0 spiro atoms. The second-order valence-corrected chi connectivity index (χ2v) is 7.36. The summed E-state index contributed by atoms with van der Waals surface area (Å²) in [5, 5.41) is 7.13. The van der Waals surface area contributed by atoms with Crippen molar-refractivity contribution in [2.75, 3.05) is 42.3 Å². The summed E-state index contributed by atoms with van der Waals surface area (Å²) < 4.78 is 1.56. The average molecular weight is 391 g/mol. The molecular weight excluding hydrogens is 366 g/mol. The summed E-state index contributed by atoms with van der Waals surface area (Å²) in [5.74, 6) is 0.290. The van der Waals surface area contributed by atoms with Crippen molar-refractivity contribution in [3.05, 3.63) is 54.6 Å². The quantitative estimate of drug-likeness (QED) is 0.720. The molecule has 1 aliphatic rings. The second kappa shape index (κ2) is 8.30. The largest absolute Gasteiger partial charge is 0.378 e. The molecular formula is C21H25N7O. The topological polar surface area (TPSA) is 79.2 Å². The number of benzene rings is 1. The SMILES string of the molecule is CN(C)c1ccc(C(=O)Nc2cnn(-c3ncc(N4CCCCC4)cn3)c2)cc1. The van der Waals surface area contributed by atoms with Gasteiger partial charge in [0, 0.05) is 38.4 Å². The second-order valence-electron chi connectivity index (χ2n) is 7.36. The number of piperidine rings is 1. The van der Waals surface area contributed by atoms with Gasteiger partial charge in [0.2, 0.25) is 0 Å². The molecule has 8 heteroatoms. The van der Waals surface area contributed by atoms with E-state index in [0.717, 1.165) is 24.5 Å². The number of nitrogens with one attached hydrogen (secondary N) is 1. The molecule has 0 unspecified atom stereocenters. The number of carbonyl (C=O) groups excluding carboxylic acids is 1. The van der Waals surface area contributed by atoms with Crippen LogP contribution in [0.2, 0.25) is 0 Å². The highest BCUT2D eigenvalue weighted by Crippen LogP contribution is 2.19. The minimum absolute atomic E-state index is 0.184. The van der Waals surface area contributed by atoms with Gasteiger partial charge in [-0.05, 0) is 43.5 Å². The first kappa shape index (κ1) is 18.9. The van der Waals surface area contributed by atoms with Crippen LogP contribution in [0.25, 0.3) is 5.95 Å². The van der Waals surface area contributed by atoms with Gasteiger partial charge in [-0.2, -0.15) is 5.10 Å². The number of aromatic nitrogens is 4. The summed E-state index contributed by atoms with van der Waals surface area (Å²) in [6, 6.07) is 7.43. The molecule has 29 heavy (non-hydrogen) atoms. The highest BCUT2D eigenvalue weighted by Gasteiger charge is 2.13. The lowest BCUT2D eigenvalue weighted by atomic mass is 10.1. The number of rotatable bonds is 5. The number of carbonyl (C=O) groups is 1. The van der Waals surface area contributed by atoms with Crippen LogP contribution in [0.5, 0.6) is 0 Å². The van der Waals surface area contributed by atoms with Crippen molar-refractivity contribution in [2.45, 2.75) is 19.3 Å². The smallest absolute Gasteiger partial charge is 0.255 e. The Kier molecular flexibility index (Phi) is 5.41. The summed E-state index contributed by atoms with van der Waals surface area (Å²) in [7, 11) is 3.93. The molecule has 0 radical (unpaired) electrons. The maximum atomic E-state index is 12.5. The molecule has 3 heterocycles. The minimum atomic E-state index is -0.184. The Morgan fingerprint density at radius 3 is 2.34 bits per heavy atom. The van der Waals surface area contributed by atoms with Crippen molar-refractivity contribution in [2.24, 2.45) is 0 Å². The van der Waals surface area contributed by atoms with Crippen LogP contribution < -0.4 is 15.1 Å². The van der Waals surface area contributed by atoms with Crippen LogP contribution >= 0.6 is 0 Å². The van der Waals surface area contributed by atoms with Crippen molar-refractivity contribution in [3.8, 4) is 5.95 Å². The Morgan fingerprint density at radius 2 is 1.69 bits per heavy atom. The molecule has 1 aromatic carbocycles. The fourth-order valence-electron chi connectivity index (χ4n) is 3.36. The van der Waals surface area contributed by atoms with Crippen LogP contribution in [0.4, 0.5) is 17.1 Å². The zero-order chi connectivity index (χ0) is 20.2. The summed E-state index contributed by atoms with van der Waals surface area (Å²) in [5.41, 5.74) is 3.26. The molecule has 0 saturated carbocycles. The maximum absolute atomic E-state index is 12.5. The highest BCUT2D eigenvalue weighted by atomic mass is 16.1. The van der Waals surface area contributed by atoms with E-state index < -0.39 is 0 Å². The van der Waals surface area contributed by atoms with Gasteiger partial charge in [-0.25, -0.2) is 14.6 Å². The Balaban J connectivity index is 1.42. The molecule has 0 aliphatic carbocycles. The lowest BCUT2D eigenvalue weighted by molar-refractivity contribution is 0.102. The van der Waals surface area contributed by atoms with E-state index in [1.54, 1.807) is 29.2 Å². The van der Waals surface area contributed by atoms with Gasteiger partial charge in [-0.1, -0.05) is 0 Å². The van der Waals surface area contributed by atoms with E-state index in [2.05, 4.69) is 25.3 Å². The summed E-state index contributed by atoms with van der Waals surface area (Å²) in [6.07, 6.45) is 10.7. The normalized spacial score (nSPS) is 13.9. The third-order valence-corrected chi connectivity index (χ3v) is 5.04. The molecule has 1 aliphatic heterocycles. The van der Waals surface area contributed by atoms with Crippen molar-refractivity contribution >= 4 is 23.0 Å². The predicted molar refractivity (Wildman–Crippen MR) is 114 cm³/mol. The van der Waals surface area contributed by atoms with Gasteiger partial charge in [0.05, 0.1) is 36.2 Å². The molecule has 1 fully saturated rings. The van der Waals surface area contributed by atoms with E-state index in [1.807, 2.05) is 43.5 Å². The van der Waals surface area contributed by atoms with Gasteiger partial charge in [0.15, 0.2) is 0 Å². The molecule has 150 valence electrons. The number of amides is 1. The average Bonchev–Trinajstić information content (AvgIpc) is 3.23. The Morgan fingerprint density at radius 1 is 1.00 bits per heavy atom. The van der Waals surface area contributed by atoms with Gasteiger partial charge in [0.1, 0.15) is 0 Å². The van der Waals surface area contributed by atoms with Crippen LogP contribution in [-0.2, 0) is 0 Å². The molecule has 4 rings (SSSR count). The summed E-state index contributed by atoms with van der Waals surface area (Å²) in [4.78, 5) is 25.6. The maximum Gasteiger partial charge on any atom is 0.255 e. The third-order valence-electron chi connectivity index (χ3n) is 5.04. The van der Waals surface area contributed by atoms with Crippen molar-refractivity contribution in [3.63, 3.8) is 0 Å². The zero-order valence-electron chi connectivity index (χ0n) is 16.7. The molecule has 2 aromatic heterocycles. The Labute approximate surface area is 170 Å². The van der Waals surface area contributed by atoms with E-state index in [0.29, 0.717) is 17.2 Å². The minimum Gasteiger partial charge on any atom is -0.378 e. The molecule has 1 N–H and O–H groups in total. The van der Waals surface area contributed by atoms with Crippen LogP contribution in [0.3, 0.4) is 0 Å². The van der Waals surface area contributed by atoms with Gasteiger partial charge < -0.3 is 15.1 Å². The third kappa shape index (κ3) is 4.37. The van der Waals surface area contributed by atoms with Crippen LogP contribution in [0.15, 0.2) is 49.1 Å². The van der Waals surface area contributed by atoms with Gasteiger partial charge >= 0.3 is 0 Å². The van der Waals surface area contributed by atoms with Gasteiger partial charge in [0.25, 0.3) is 11.9 Å². The lowest BCUT2D eigenvalue weighted by Crippen LogP contribution is -2.29. The monoisotopic (exact) mass is 391 g/mol. The van der Waals surface area contributed by atoms with Crippen molar-refractivity contribution < 1.29 is 4.79 Å². The number of anilines is 3. The van der Waals surface area contributed by atoms with Gasteiger partial charge in [-0.3, -0.25) is 4.79 Å². The summed E-state index contributed by atoms with van der Waals surface area (Å²) in [6.45, 7) is 2.10. The number of nitrogens with zero attached hydrogens (tertiary/aromatic N) is 6. The van der Waals surface area contributed by atoms with Gasteiger partial charge in [-0.15, -0.1) is 0 Å². The van der Waals surface area contributed by atoms with E-state index >= 15 is 0 Å². The fraction of sp³-hybridized carbons (Fsp3) is 0.333. The van der Waals surface area contributed by atoms with E-state index in [9.17, 15) is 4.79 Å².